The van der Waals surface area contributed by atoms with Gasteiger partial charge in [0.1, 0.15) is 9.84 Å². The van der Waals surface area contributed by atoms with E-state index >= 15 is 0 Å². The van der Waals surface area contributed by atoms with Crippen LogP contribution in [-0.2, 0) is 14.6 Å². The van der Waals surface area contributed by atoms with Crippen molar-refractivity contribution in [3.8, 4) is 0 Å². The molecule has 0 saturated carbocycles. The van der Waals surface area contributed by atoms with E-state index in [-0.39, 0.29) is 17.7 Å². The molecule has 1 aliphatic rings. The van der Waals surface area contributed by atoms with Crippen LogP contribution in [0.25, 0.3) is 0 Å². The molecule has 7 nitrogen and oxygen atoms in total. The zero-order chi connectivity index (χ0) is 15.2. The fourth-order valence-electron chi connectivity index (χ4n) is 2.07. The van der Waals surface area contributed by atoms with Crippen LogP contribution in [0.2, 0.25) is 0 Å². The topological polar surface area (TPSA) is 90.9 Å². The Bertz CT molecular complexity index is 461. The molecular formula is C12H24N4O3S. The first-order valence-electron chi connectivity index (χ1n) is 6.78. The molecule has 1 aliphatic heterocycles. The van der Waals surface area contributed by atoms with Crippen LogP contribution in [-0.4, -0.2) is 69.9 Å². The van der Waals surface area contributed by atoms with E-state index in [0.717, 1.165) is 13.0 Å². The number of carbonyl (C=O) groups excluding carboxylic acids is 1. The highest BCUT2D eigenvalue weighted by Crippen LogP contribution is 2.10. The Labute approximate surface area is 120 Å². The van der Waals surface area contributed by atoms with Crippen LogP contribution in [0.4, 0.5) is 0 Å². The first kappa shape index (κ1) is 16.7. The molecule has 1 unspecified atom stereocenters. The van der Waals surface area contributed by atoms with E-state index in [1.807, 2.05) is 11.8 Å². The number of guanidine groups is 1. The average molecular weight is 304 g/mol. The summed E-state index contributed by atoms with van der Waals surface area (Å²) in [5, 5.41) is 6.18. The van der Waals surface area contributed by atoms with Crippen LogP contribution in [0.1, 0.15) is 19.8 Å². The predicted molar refractivity (Wildman–Crippen MR) is 79.5 cm³/mol. The molecule has 1 fully saturated rings. The number of hydrogen-bond acceptors (Lipinski definition) is 4. The number of nitrogens with zero attached hydrogens (tertiary/aromatic N) is 2. The summed E-state index contributed by atoms with van der Waals surface area (Å²) in [5.41, 5.74) is 0. The number of aliphatic imine (C=N–C) groups is 1. The Morgan fingerprint density at radius 2 is 2.15 bits per heavy atom. The summed E-state index contributed by atoms with van der Waals surface area (Å²) in [4.78, 5) is 17.5. The summed E-state index contributed by atoms with van der Waals surface area (Å²) in [6.45, 7) is 3.60. The summed E-state index contributed by atoms with van der Waals surface area (Å²) in [6, 6.07) is 0.162. The van der Waals surface area contributed by atoms with Gasteiger partial charge >= 0.3 is 0 Å². The van der Waals surface area contributed by atoms with Crippen LogP contribution < -0.4 is 10.6 Å². The molecule has 116 valence electrons. The van der Waals surface area contributed by atoms with Gasteiger partial charge < -0.3 is 15.5 Å². The van der Waals surface area contributed by atoms with E-state index in [0.29, 0.717) is 25.5 Å². The lowest BCUT2D eigenvalue weighted by Gasteiger charge is -2.18. The molecule has 1 atom stereocenters. The van der Waals surface area contributed by atoms with Gasteiger partial charge in [0.15, 0.2) is 5.96 Å². The second-order valence-corrected chi connectivity index (χ2v) is 7.21. The highest BCUT2D eigenvalue weighted by Gasteiger charge is 2.25. The van der Waals surface area contributed by atoms with Crippen LogP contribution in [0.5, 0.6) is 0 Å². The summed E-state index contributed by atoms with van der Waals surface area (Å²) in [7, 11) is -1.34. The third-order valence-electron chi connectivity index (χ3n) is 3.17. The molecule has 1 heterocycles. The van der Waals surface area contributed by atoms with Crippen molar-refractivity contribution in [2.24, 2.45) is 4.99 Å². The third-order valence-corrected chi connectivity index (χ3v) is 4.12. The van der Waals surface area contributed by atoms with Crippen molar-refractivity contribution < 1.29 is 13.2 Å². The Kier molecular flexibility index (Phi) is 6.25. The van der Waals surface area contributed by atoms with E-state index in [1.54, 1.807) is 7.05 Å². The molecule has 8 heteroatoms. The van der Waals surface area contributed by atoms with Crippen molar-refractivity contribution in [2.45, 2.75) is 25.8 Å². The van der Waals surface area contributed by atoms with Gasteiger partial charge in [-0.15, -0.1) is 0 Å². The molecule has 0 aromatic heterocycles. The fourth-order valence-corrected chi connectivity index (χ4v) is 2.54. The van der Waals surface area contributed by atoms with Crippen molar-refractivity contribution >= 4 is 21.7 Å². The number of likely N-dealkylation sites (tertiary alicyclic amines) is 1. The maximum Gasteiger partial charge on any atom is 0.222 e. The van der Waals surface area contributed by atoms with Crippen LogP contribution in [0.3, 0.4) is 0 Å². The molecule has 0 spiro atoms. The average Bonchev–Trinajstić information content (AvgIpc) is 2.83. The van der Waals surface area contributed by atoms with E-state index in [4.69, 9.17) is 0 Å². The Hall–Kier alpha value is -1.31. The molecule has 0 radical (unpaired) electrons. The Morgan fingerprint density at radius 1 is 1.45 bits per heavy atom. The summed E-state index contributed by atoms with van der Waals surface area (Å²) < 4.78 is 22.1. The van der Waals surface area contributed by atoms with Crippen molar-refractivity contribution in [1.29, 1.82) is 0 Å². The van der Waals surface area contributed by atoms with Crippen LogP contribution in [0, 0.1) is 0 Å². The normalized spacial score (nSPS) is 20.1. The highest BCUT2D eigenvalue weighted by atomic mass is 32.2. The number of rotatable bonds is 5. The van der Waals surface area contributed by atoms with Gasteiger partial charge in [0.2, 0.25) is 5.91 Å². The first-order chi connectivity index (χ1) is 9.35. The molecule has 1 rings (SSSR count). The van der Waals surface area contributed by atoms with Crippen LogP contribution in [0.15, 0.2) is 4.99 Å². The number of sulfone groups is 1. The highest BCUT2D eigenvalue weighted by molar-refractivity contribution is 7.90. The predicted octanol–water partition coefficient (Wildman–Crippen LogP) is -0.793. The lowest BCUT2D eigenvalue weighted by molar-refractivity contribution is -0.129. The van der Waals surface area contributed by atoms with Crippen molar-refractivity contribution in [2.75, 3.05) is 38.7 Å². The third kappa shape index (κ3) is 5.77. The number of nitrogens with one attached hydrogen (secondary N) is 2. The van der Waals surface area contributed by atoms with Gasteiger partial charge in [-0.2, -0.15) is 0 Å². The minimum absolute atomic E-state index is 0.0683. The Balaban J connectivity index is 2.37. The standard InChI is InChI=1S/C12H24N4O3S/c1-4-11(17)16-7-5-10(9-16)15-12(13-2)14-6-8-20(3,18)19/h10H,4-9H2,1-3H3,(H2,13,14,15). The second-order valence-electron chi connectivity index (χ2n) is 4.95. The largest absolute Gasteiger partial charge is 0.355 e. The number of hydrogen-bond donors (Lipinski definition) is 2. The van der Waals surface area contributed by atoms with E-state index < -0.39 is 9.84 Å². The van der Waals surface area contributed by atoms with E-state index in [1.165, 1.54) is 6.26 Å². The minimum atomic E-state index is -2.98. The van der Waals surface area contributed by atoms with Crippen molar-refractivity contribution in [3.63, 3.8) is 0 Å². The van der Waals surface area contributed by atoms with E-state index in [9.17, 15) is 13.2 Å². The Morgan fingerprint density at radius 3 is 2.70 bits per heavy atom. The molecule has 20 heavy (non-hydrogen) atoms. The number of carbonyl (C=O) groups is 1. The van der Waals surface area contributed by atoms with Crippen LogP contribution >= 0.6 is 0 Å². The van der Waals surface area contributed by atoms with Crippen molar-refractivity contribution in [1.82, 2.24) is 15.5 Å². The fraction of sp³-hybridized carbons (Fsp3) is 0.833. The molecule has 0 aliphatic carbocycles. The monoisotopic (exact) mass is 304 g/mol. The van der Waals surface area contributed by atoms with Gasteiger partial charge in [0.25, 0.3) is 0 Å². The van der Waals surface area contributed by atoms with Gasteiger partial charge in [-0.05, 0) is 6.42 Å². The SMILES string of the molecule is CCC(=O)N1CCC(NC(=NC)NCCS(C)(=O)=O)C1. The second kappa shape index (κ2) is 7.47. The van der Waals surface area contributed by atoms with Gasteiger partial charge in [-0.25, -0.2) is 8.42 Å². The molecule has 1 amide bonds. The van der Waals surface area contributed by atoms with Gasteiger partial charge in [0.05, 0.1) is 5.75 Å². The summed E-state index contributed by atoms with van der Waals surface area (Å²) >= 11 is 0. The quantitative estimate of drug-likeness (QED) is 0.513. The minimum Gasteiger partial charge on any atom is -0.355 e. The summed E-state index contributed by atoms with van der Waals surface area (Å²) in [5.74, 6) is 0.803. The molecule has 1 saturated heterocycles. The van der Waals surface area contributed by atoms with Gasteiger partial charge in [-0.3, -0.25) is 9.79 Å². The molecule has 0 aromatic rings. The molecule has 0 aromatic carbocycles. The maximum atomic E-state index is 11.6. The lowest BCUT2D eigenvalue weighted by atomic mass is 10.3. The molecule has 2 N–H and O–H groups in total. The maximum absolute atomic E-state index is 11.6. The molecular weight excluding hydrogens is 280 g/mol. The van der Waals surface area contributed by atoms with Gasteiger partial charge in [0, 0.05) is 45.4 Å². The van der Waals surface area contributed by atoms with Gasteiger partial charge in [-0.1, -0.05) is 6.92 Å². The smallest absolute Gasteiger partial charge is 0.222 e. The van der Waals surface area contributed by atoms with Crippen molar-refractivity contribution in [3.05, 3.63) is 0 Å². The first-order valence-corrected chi connectivity index (χ1v) is 8.84. The summed E-state index contributed by atoms with van der Waals surface area (Å²) in [6.07, 6.45) is 2.60. The zero-order valence-corrected chi connectivity index (χ0v) is 13.2. The van der Waals surface area contributed by atoms with E-state index in [2.05, 4.69) is 15.6 Å². The zero-order valence-electron chi connectivity index (χ0n) is 12.3. The number of amides is 1. The lowest BCUT2D eigenvalue weighted by Crippen LogP contribution is -2.46. The molecule has 0 bridgehead atoms.